The molecule has 1 heterocycles. The van der Waals surface area contributed by atoms with E-state index < -0.39 is 0 Å². The van der Waals surface area contributed by atoms with Crippen LogP contribution >= 0.6 is 0 Å². The molecule has 1 aromatic heterocycles. The standard InChI is InChI=1S/C14H23N3O/c1-2-10-5-7-14(15,8-6-10)13-16-12(17-18-13)9-11-3-4-11/h10-11H,2-9,15H2,1H3. The molecule has 0 bridgehead atoms. The van der Waals surface area contributed by atoms with E-state index in [4.69, 9.17) is 10.3 Å². The lowest BCUT2D eigenvalue weighted by Crippen LogP contribution is -2.40. The Balaban J connectivity index is 1.67. The molecular weight excluding hydrogens is 226 g/mol. The molecule has 4 heteroatoms. The highest BCUT2D eigenvalue weighted by atomic mass is 16.5. The number of aromatic nitrogens is 2. The zero-order valence-corrected chi connectivity index (χ0v) is 11.2. The maximum absolute atomic E-state index is 6.46. The summed E-state index contributed by atoms with van der Waals surface area (Å²) in [6.45, 7) is 2.26. The highest BCUT2D eigenvalue weighted by Gasteiger charge is 2.38. The van der Waals surface area contributed by atoms with Crippen LogP contribution in [0.4, 0.5) is 0 Å². The van der Waals surface area contributed by atoms with Gasteiger partial charge in [0.15, 0.2) is 5.82 Å². The van der Waals surface area contributed by atoms with Crippen LogP contribution in [0.1, 0.15) is 63.6 Å². The van der Waals surface area contributed by atoms with Crippen molar-refractivity contribution in [2.75, 3.05) is 0 Å². The molecule has 0 unspecified atom stereocenters. The van der Waals surface area contributed by atoms with Crippen molar-refractivity contribution >= 4 is 0 Å². The SMILES string of the molecule is CCC1CCC(N)(c2nc(CC3CC3)no2)CC1. The molecule has 0 aliphatic heterocycles. The lowest BCUT2D eigenvalue weighted by Gasteiger charge is -2.33. The van der Waals surface area contributed by atoms with Gasteiger partial charge in [-0.15, -0.1) is 0 Å². The minimum Gasteiger partial charge on any atom is -0.337 e. The highest BCUT2D eigenvalue weighted by Crippen LogP contribution is 2.38. The van der Waals surface area contributed by atoms with Crippen molar-refractivity contribution in [3.05, 3.63) is 11.7 Å². The molecule has 3 rings (SSSR count). The molecule has 18 heavy (non-hydrogen) atoms. The minimum absolute atomic E-state index is 0.361. The first-order valence-electron chi connectivity index (χ1n) is 7.31. The van der Waals surface area contributed by atoms with Crippen molar-refractivity contribution in [1.82, 2.24) is 10.1 Å². The normalized spacial score (nSPS) is 32.7. The highest BCUT2D eigenvalue weighted by molar-refractivity contribution is 5.05. The number of hydrogen-bond donors (Lipinski definition) is 1. The molecule has 2 aliphatic carbocycles. The first-order chi connectivity index (χ1) is 8.69. The fourth-order valence-corrected chi connectivity index (χ4v) is 2.93. The van der Waals surface area contributed by atoms with Crippen molar-refractivity contribution in [1.29, 1.82) is 0 Å². The van der Waals surface area contributed by atoms with Gasteiger partial charge in [0.05, 0.1) is 5.54 Å². The second-order valence-electron chi connectivity index (χ2n) is 6.17. The number of hydrogen-bond acceptors (Lipinski definition) is 4. The lowest BCUT2D eigenvalue weighted by atomic mass is 9.76. The van der Waals surface area contributed by atoms with Gasteiger partial charge in [-0.3, -0.25) is 0 Å². The summed E-state index contributed by atoms with van der Waals surface area (Å²) in [4.78, 5) is 4.53. The first-order valence-corrected chi connectivity index (χ1v) is 7.31. The van der Waals surface area contributed by atoms with Gasteiger partial charge < -0.3 is 10.3 Å². The Bertz CT molecular complexity index is 403. The fourth-order valence-electron chi connectivity index (χ4n) is 2.93. The average molecular weight is 249 g/mol. The Morgan fingerprint density at radius 1 is 1.22 bits per heavy atom. The van der Waals surface area contributed by atoms with Crippen molar-refractivity contribution < 1.29 is 4.52 Å². The summed E-state index contributed by atoms with van der Waals surface area (Å²) >= 11 is 0. The summed E-state index contributed by atoms with van der Waals surface area (Å²) in [6, 6.07) is 0. The largest absolute Gasteiger partial charge is 0.337 e. The molecule has 1 aromatic rings. The van der Waals surface area contributed by atoms with E-state index in [1.807, 2.05) is 0 Å². The third-order valence-corrected chi connectivity index (χ3v) is 4.64. The Kier molecular flexibility index (Phi) is 3.14. The monoisotopic (exact) mass is 249 g/mol. The van der Waals surface area contributed by atoms with E-state index in [0.29, 0.717) is 5.89 Å². The van der Waals surface area contributed by atoms with Crippen LogP contribution in [0.25, 0.3) is 0 Å². The van der Waals surface area contributed by atoms with E-state index in [2.05, 4.69) is 17.1 Å². The third kappa shape index (κ3) is 2.44. The molecule has 2 saturated carbocycles. The zero-order chi connectivity index (χ0) is 12.6. The Morgan fingerprint density at radius 3 is 2.56 bits per heavy atom. The quantitative estimate of drug-likeness (QED) is 0.891. The number of nitrogens with two attached hydrogens (primary N) is 1. The van der Waals surface area contributed by atoms with Gasteiger partial charge in [-0.05, 0) is 50.4 Å². The van der Waals surface area contributed by atoms with E-state index in [1.54, 1.807) is 0 Å². The second-order valence-corrected chi connectivity index (χ2v) is 6.17. The molecule has 0 spiro atoms. The summed E-state index contributed by atoms with van der Waals surface area (Å²) in [5, 5.41) is 4.09. The molecule has 0 radical (unpaired) electrons. The van der Waals surface area contributed by atoms with E-state index >= 15 is 0 Å². The molecule has 2 fully saturated rings. The molecule has 0 atom stereocenters. The van der Waals surface area contributed by atoms with Gasteiger partial charge in [0.2, 0.25) is 5.89 Å². The van der Waals surface area contributed by atoms with Crippen LogP contribution in [0.3, 0.4) is 0 Å². The zero-order valence-electron chi connectivity index (χ0n) is 11.2. The number of rotatable bonds is 4. The Labute approximate surface area is 108 Å². The van der Waals surface area contributed by atoms with Gasteiger partial charge in [-0.2, -0.15) is 4.98 Å². The molecule has 100 valence electrons. The maximum Gasteiger partial charge on any atom is 0.246 e. The van der Waals surface area contributed by atoms with Crippen LogP contribution in [-0.4, -0.2) is 10.1 Å². The van der Waals surface area contributed by atoms with E-state index in [0.717, 1.165) is 36.9 Å². The second kappa shape index (κ2) is 4.65. The topological polar surface area (TPSA) is 64.9 Å². The Morgan fingerprint density at radius 2 is 1.94 bits per heavy atom. The van der Waals surface area contributed by atoms with Crippen LogP contribution in [0.5, 0.6) is 0 Å². The minimum atomic E-state index is -0.361. The third-order valence-electron chi connectivity index (χ3n) is 4.64. The van der Waals surface area contributed by atoms with E-state index in [1.165, 1.54) is 32.1 Å². The van der Waals surface area contributed by atoms with Crippen LogP contribution in [0, 0.1) is 11.8 Å². The summed E-state index contributed by atoms with van der Waals surface area (Å²) in [5.74, 6) is 3.15. The predicted molar refractivity (Wildman–Crippen MR) is 68.8 cm³/mol. The molecule has 0 aromatic carbocycles. The van der Waals surface area contributed by atoms with Gasteiger partial charge in [0, 0.05) is 6.42 Å². The molecular formula is C14H23N3O. The molecule has 4 nitrogen and oxygen atoms in total. The average Bonchev–Trinajstić information content (AvgIpc) is 3.05. The van der Waals surface area contributed by atoms with Crippen LogP contribution in [0.15, 0.2) is 4.52 Å². The van der Waals surface area contributed by atoms with Crippen molar-refractivity contribution in [3.63, 3.8) is 0 Å². The predicted octanol–water partition coefficient (Wildman–Crippen LogP) is 2.78. The van der Waals surface area contributed by atoms with Crippen LogP contribution in [-0.2, 0) is 12.0 Å². The van der Waals surface area contributed by atoms with E-state index in [-0.39, 0.29) is 5.54 Å². The van der Waals surface area contributed by atoms with Crippen LogP contribution in [0.2, 0.25) is 0 Å². The van der Waals surface area contributed by atoms with Gasteiger partial charge >= 0.3 is 0 Å². The Hall–Kier alpha value is -0.900. The van der Waals surface area contributed by atoms with Gasteiger partial charge in [0.1, 0.15) is 0 Å². The summed E-state index contributed by atoms with van der Waals surface area (Å²) in [6.07, 6.45) is 9.20. The lowest BCUT2D eigenvalue weighted by molar-refractivity contribution is 0.181. The van der Waals surface area contributed by atoms with Crippen molar-refractivity contribution in [2.24, 2.45) is 17.6 Å². The summed E-state index contributed by atoms with van der Waals surface area (Å²) in [7, 11) is 0. The first kappa shape index (κ1) is 12.2. The van der Waals surface area contributed by atoms with Crippen molar-refractivity contribution in [2.45, 2.75) is 63.8 Å². The van der Waals surface area contributed by atoms with E-state index in [9.17, 15) is 0 Å². The number of nitrogens with zero attached hydrogens (tertiary/aromatic N) is 2. The van der Waals surface area contributed by atoms with Gasteiger partial charge in [-0.1, -0.05) is 18.5 Å². The van der Waals surface area contributed by atoms with Gasteiger partial charge in [0.25, 0.3) is 0 Å². The maximum atomic E-state index is 6.46. The smallest absolute Gasteiger partial charge is 0.246 e. The van der Waals surface area contributed by atoms with Crippen LogP contribution < -0.4 is 5.73 Å². The molecule has 0 saturated heterocycles. The molecule has 2 aliphatic rings. The van der Waals surface area contributed by atoms with Crippen molar-refractivity contribution in [3.8, 4) is 0 Å². The summed E-state index contributed by atoms with van der Waals surface area (Å²) in [5.41, 5.74) is 6.10. The fraction of sp³-hybridized carbons (Fsp3) is 0.857. The molecule has 2 N–H and O–H groups in total. The molecule has 0 amide bonds. The summed E-state index contributed by atoms with van der Waals surface area (Å²) < 4.78 is 5.42. The van der Waals surface area contributed by atoms with Gasteiger partial charge in [-0.25, -0.2) is 0 Å².